The van der Waals surface area contributed by atoms with E-state index in [1.54, 1.807) is 6.07 Å². The number of fused-ring (bicyclic) bond motifs is 1. The van der Waals surface area contributed by atoms with Crippen LogP contribution in [0.4, 0.5) is 5.82 Å². The Morgan fingerprint density at radius 1 is 0.914 bits per heavy atom. The maximum atomic E-state index is 12.9. The van der Waals surface area contributed by atoms with E-state index in [2.05, 4.69) is 44.4 Å². The second-order valence-electron chi connectivity index (χ2n) is 10.0. The predicted molar refractivity (Wildman–Crippen MR) is 140 cm³/mol. The number of aromatic nitrogens is 1. The number of aromatic hydroxyl groups is 1. The summed E-state index contributed by atoms with van der Waals surface area (Å²) in [6.07, 6.45) is 6.91. The van der Waals surface area contributed by atoms with Crippen molar-refractivity contribution in [3.05, 3.63) is 65.7 Å². The summed E-state index contributed by atoms with van der Waals surface area (Å²) in [5.41, 5.74) is 3.13. The average molecular weight is 473 g/mol. The highest BCUT2D eigenvalue weighted by atomic mass is 16.3. The molecule has 2 fully saturated rings. The molecule has 2 aliphatic rings. The number of anilines is 1. The van der Waals surface area contributed by atoms with E-state index >= 15 is 0 Å². The summed E-state index contributed by atoms with van der Waals surface area (Å²) in [4.78, 5) is 22.3. The van der Waals surface area contributed by atoms with Crippen molar-refractivity contribution in [1.82, 2.24) is 15.2 Å². The Hall–Kier alpha value is -3.12. The van der Waals surface area contributed by atoms with Crippen LogP contribution in [0, 0.1) is 5.92 Å². The maximum absolute atomic E-state index is 12.9. The van der Waals surface area contributed by atoms with Crippen LogP contribution in [0.25, 0.3) is 10.9 Å². The zero-order chi connectivity index (χ0) is 24.0. The first kappa shape index (κ1) is 23.6. The Labute approximate surface area is 208 Å². The molecule has 6 heteroatoms. The van der Waals surface area contributed by atoms with Gasteiger partial charge in [-0.25, -0.2) is 4.98 Å². The predicted octanol–water partition coefficient (Wildman–Crippen LogP) is 4.85. The quantitative estimate of drug-likeness (QED) is 0.537. The molecule has 0 saturated carbocycles. The van der Waals surface area contributed by atoms with E-state index in [0.717, 1.165) is 43.7 Å². The van der Waals surface area contributed by atoms with E-state index in [-0.39, 0.29) is 17.6 Å². The monoisotopic (exact) mass is 472 g/mol. The van der Waals surface area contributed by atoms with Gasteiger partial charge in [-0.3, -0.25) is 9.69 Å². The number of phenolic OH excluding ortho intramolecular Hbond substituents is 1. The number of phenols is 1. The Morgan fingerprint density at radius 2 is 1.66 bits per heavy atom. The summed E-state index contributed by atoms with van der Waals surface area (Å²) in [5.74, 6) is 1.24. The lowest BCUT2D eigenvalue weighted by molar-refractivity contribution is -0.125. The molecule has 6 nitrogen and oxygen atoms in total. The van der Waals surface area contributed by atoms with Gasteiger partial charge in [0.1, 0.15) is 17.1 Å². The molecule has 2 aliphatic heterocycles. The average Bonchev–Trinajstić information content (AvgIpc) is 3.16. The Bertz CT molecular complexity index is 1150. The smallest absolute Gasteiger partial charge is 0.223 e. The van der Waals surface area contributed by atoms with Gasteiger partial charge >= 0.3 is 0 Å². The largest absolute Gasteiger partial charge is 0.506 e. The highest BCUT2D eigenvalue weighted by Gasteiger charge is 2.25. The summed E-state index contributed by atoms with van der Waals surface area (Å²) in [6.45, 7) is 5.54. The number of likely N-dealkylation sites (tertiary alicyclic amines) is 1. The molecule has 2 saturated heterocycles. The van der Waals surface area contributed by atoms with E-state index in [1.165, 1.54) is 49.9 Å². The van der Waals surface area contributed by atoms with Gasteiger partial charge in [-0.15, -0.1) is 0 Å². The van der Waals surface area contributed by atoms with Gasteiger partial charge in [-0.1, -0.05) is 49.2 Å². The minimum atomic E-state index is 0.0281. The van der Waals surface area contributed by atoms with Crippen LogP contribution in [-0.2, 0) is 17.9 Å². The van der Waals surface area contributed by atoms with Crippen LogP contribution >= 0.6 is 0 Å². The molecular formula is C29H36N4O2. The zero-order valence-corrected chi connectivity index (χ0v) is 20.5. The van der Waals surface area contributed by atoms with Crippen molar-refractivity contribution >= 4 is 22.6 Å². The van der Waals surface area contributed by atoms with Gasteiger partial charge in [0, 0.05) is 37.5 Å². The number of pyridine rings is 1. The minimum absolute atomic E-state index is 0.0281. The lowest BCUT2D eigenvalue weighted by Gasteiger charge is -2.32. The fraction of sp³-hybridized carbons (Fsp3) is 0.448. The topological polar surface area (TPSA) is 68.7 Å². The summed E-state index contributed by atoms with van der Waals surface area (Å²) in [6, 6.07) is 18.1. The van der Waals surface area contributed by atoms with Crippen molar-refractivity contribution in [3.8, 4) is 5.75 Å². The number of rotatable bonds is 6. The van der Waals surface area contributed by atoms with Gasteiger partial charge in [0.05, 0.1) is 0 Å². The van der Waals surface area contributed by atoms with Gasteiger partial charge < -0.3 is 15.3 Å². The van der Waals surface area contributed by atoms with Gasteiger partial charge in [-0.05, 0) is 68.1 Å². The Balaban J connectivity index is 1.12. The third kappa shape index (κ3) is 5.93. The summed E-state index contributed by atoms with van der Waals surface area (Å²) in [7, 11) is 0. The molecule has 0 aliphatic carbocycles. The number of hydrogen-bond acceptors (Lipinski definition) is 5. The van der Waals surface area contributed by atoms with Crippen molar-refractivity contribution in [3.63, 3.8) is 0 Å². The molecule has 0 spiro atoms. The SMILES string of the molecule is O=C(NCc1cccc(CN2CCCCCC2)c1)C1CCN(c2ccc3cccc(O)c3n2)CC1. The number of carbonyl (C=O) groups excluding carboxylic acids is 1. The second-order valence-corrected chi connectivity index (χ2v) is 10.0. The van der Waals surface area contributed by atoms with Gasteiger partial charge in [0.15, 0.2) is 0 Å². The lowest BCUT2D eigenvalue weighted by atomic mass is 9.95. The van der Waals surface area contributed by atoms with E-state index in [1.807, 2.05) is 24.3 Å². The molecule has 0 bridgehead atoms. The van der Waals surface area contributed by atoms with Gasteiger partial charge in [-0.2, -0.15) is 0 Å². The molecule has 3 aromatic rings. The van der Waals surface area contributed by atoms with Crippen LogP contribution in [0.2, 0.25) is 0 Å². The number of benzene rings is 2. The molecule has 1 aromatic heterocycles. The molecule has 184 valence electrons. The lowest BCUT2D eigenvalue weighted by Crippen LogP contribution is -2.40. The third-order valence-electron chi connectivity index (χ3n) is 7.44. The Kier molecular flexibility index (Phi) is 7.48. The van der Waals surface area contributed by atoms with E-state index in [0.29, 0.717) is 12.1 Å². The summed E-state index contributed by atoms with van der Waals surface area (Å²) < 4.78 is 0. The van der Waals surface area contributed by atoms with Crippen LogP contribution in [0.3, 0.4) is 0 Å². The van der Waals surface area contributed by atoms with E-state index in [4.69, 9.17) is 0 Å². The van der Waals surface area contributed by atoms with Crippen molar-refractivity contribution < 1.29 is 9.90 Å². The standard InChI is InChI=1S/C29H36N4O2/c34-26-10-6-9-24-11-12-27(31-28(24)26)33-17-13-25(14-18-33)29(35)30-20-22-7-5-8-23(19-22)21-32-15-3-1-2-4-16-32/h5-12,19,25,34H,1-4,13-18,20-21H2,(H,30,35). The number of nitrogens with one attached hydrogen (secondary N) is 1. The number of hydrogen-bond donors (Lipinski definition) is 2. The van der Waals surface area contributed by atoms with E-state index < -0.39 is 0 Å². The van der Waals surface area contributed by atoms with Gasteiger partial charge in [0.25, 0.3) is 0 Å². The number of carbonyl (C=O) groups is 1. The Morgan fingerprint density at radius 3 is 2.46 bits per heavy atom. The van der Waals surface area contributed by atoms with Crippen molar-refractivity contribution in [1.29, 1.82) is 0 Å². The first-order chi connectivity index (χ1) is 17.2. The van der Waals surface area contributed by atoms with Crippen LogP contribution < -0.4 is 10.2 Å². The molecular weight excluding hydrogens is 436 g/mol. The molecule has 35 heavy (non-hydrogen) atoms. The van der Waals surface area contributed by atoms with Crippen LogP contribution in [-0.4, -0.2) is 47.1 Å². The number of nitrogens with zero attached hydrogens (tertiary/aromatic N) is 3. The zero-order valence-electron chi connectivity index (χ0n) is 20.5. The molecule has 2 N–H and O–H groups in total. The number of para-hydroxylation sites is 1. The molecule has 5 rings (SSSR count). The fourth-order valence-corrected chi connectivity index (χ4v) is 5.39. The van der Waals surface area contributed by atoms with Crippen molar-refractivity contribution in [2.45, 2.75) is 51.6 Å². The molecule has 3 heterocycles. The van der Waals surface area contributed by atoms with Crippen LogP contribution in [0.5, 0.6) is 5.75 Å². The van der Waals surface area contributed by atoms with Gasteiger partial charge in [0.2, 0.25) is 5.91 Å². The van der Waals surface area contributed by atoms with Crippen molar-refractivity contribution in [2.24, 2.45) is 5.92 Å². The number of piperidine rings is 1. The van der Waals surface area contributed by atoms with Crippen LogP contribution in [0.15, 0.2) is 54.6 Å². The highest BCUT2D eigenvalue weighted by Crippen LogP contribution is 2.28. The first-order valence-corrected chi connectivity index (χ1v) is 13.1. The first-order valence-electron chi connectivity index (χ1n) is 13.1. The second kappa shape index (κ2) is 11.1. The molecule has 0 unspecified atom stereocenters. The molecule has 1 amide bonds. The molecule has 0 atom stereocenters. The van der Waals surface area contributed by atoms with E-state index in [9.17, 15) is 9.90 Å². The normalized spacial score (nSPS) is 17.9. The number of amides is 1. The third-order valence-corrected chi connectivity index (χ3v) is 7.44. The van der Waals surface area contributed by atoms with Crippen molar-refractivity contribution in [2.75, 3.05) is 31.1 Å². The maximum Gasteiger partial charge on any atom is 0.223 e. The highest BCUT2D eigenvalue weighted by molar-refractivity contribution is 5.85. The van der Waals surface area contributed by atoms with Crippen LogP contribution in [0.1, 0.15) is 49.7 Å². The molecule has 2 aromatic carbocycles. The minimum Gasteiger partial charge on any atom is -0.506 e. The summed E-state index contributed by atoms with van der Waals surface area (Å²) >= 11 is 0. The fourth-order valence-electron chi connectivity index (χ4n) is 5.39. The summed E-state index contributed by atoms with van der Waals surface area (Å²) in [5, 5.41) is 14.2. The molecule has 0 radical (unpaired) electrons.